The van der Waals surface area contributed by atoms with E-state index in [0.717, 1.165) is 17.1 Å². The average molecular weight is 320 g/mol. The molecular formula is C17H24N2O2S. The summed E-state index contributed by atoms with van der Waals surface area (Å²) in [6.45, 7) is 8.92. The maximum absolute atomic E-state index is 8.75. The molecule has 2 aromatic rings. The van der Waals surface area contributed by atoms with Crippen LogP contribution in [0.1, 0.15) is 48.3 Å². The van der Waals surface area contributed by atoms with E-state index < -0.39 is 0 Å². The maximum Gasteiger partial charge on any atom is 0.119 e. The van der Waals surface area contributed by atoms with Crippen LogP contribution >= 0.6 is 11.3 Å². The van der Waals surface area contributed by atoms with Gasteiger partial charge in [-0.3, -0.25) is 0 Å². The van der Waals surface area contributed by atoms with Crippen molar-refractivity contribution in [3.8, 4) is 5.75 Å². The molecule has 0 spiro atoms. The van der Waals surface area contributed by atoms with E-state index in [1.165, 1.54) is 9.88 Å². The van der Waals surface area contributed by atoms with Crippen LogP contribution in [0.3, 0.4) is 0 Å². The Hall–Kier alpha value is -1.59. The Morgan fingerprint density at radius 3 is 2.45 bits per heavy atom. The molecule has 1 aromatic heterocycles. The van der Waals surface area contributed by atoms with Gasteiger partial charge in [0.2, 0.25) is 0 Å². The summed E-state index contributed by atoms with van der Waals surface area (Å²) in [7, 11) is 0. The second-order valence-electron chi connectivity index (χ2n) is 5.62. The third-order valence-electron chi connectivity index (χ3n) is 3.33. The van der Waals surface area contributed by atoms with Crippen molar-refractivity contribution >= 4 is 17.0 Å². The number of ether oxygens (including phenoxy) is 1. The molecule has 0 radical (unpaired) electrons. The Kier molecular flexibility index (Phi) is 5.80. The minimum atomic E-state index is 0.0277. The van der Waals surface area contributed by atoms with E-state index in [9.17, 15) is 0 Å². The van der Waals surface area contributed by atoms with E-state index in [-0.39, 0.29) is 12.6 Å². The van der Waals surface area contributed by atoms with Gasteiger partial charge in [0.05, 0.1) is 23.4 Å². The Morgan fingerprint density at radius 2 is 1.91 bits per heavy atom. The van der Waals surface area contributed by atoms with Crippen molar-refractivity contribution in [1.82, 2.24) is 4.98 Å². The fraction of sp³-hybridized carbons (Fsp3) is 0.471. The molecule has 22 heavy (non-hydrogen) atoms. The van der Waals surface area contributed by atoms with Crippen LogP contribution < -0.4 is 10.1 Å². The molecule has 1 atom stereocenters. The normalized spacial score (nSPS) is 12.5. The lowest BCUT2D eigenvalue weighted by Gasteiger charge is -2.15. The Balaban J connectivity index is 2.03. The van der Waals surface area contributed by atoms with Gasteiger partial charge in [-0.05, 0) is 38.1 Å². The number of nitrogens with zero attached hydrogens (tertiary/aromatic N) is 1. The second-order valence-corrected chi connectivity index (χ2v) is 6.68. The average Bonchev–Trinajstić information content (AvgIpc) is 2.89. The van der Waals surface area contributed by atoms with Crippen LogP contribution in [-0.4, -0.2) is 23.3 Å². The van der Waals surface area contributed by atoms with Gasteiger partial charge in [0, 0.05) is 16.5 Å². The van der Waals surface area contributed by atoms with Gasteiger partial charge in [-0.15, -0.1) is 11.3 Å². The van der Waals surface area contributed by atoms with Crippen molar-refractivity contribution in [2.24, 2.45) is 0 Å². The Bertz CT molecular complexity index is 593. The first kappa shape index (κ1) is 16.8. The van der Waals surface area contributed by atoms with Crippen LogP contribution in [0, 0.1) is 6.92 Å². The van der Waals surface area contributed by atoms with Gasteiger partial charge in [-0.25, -0.2) is 4.98 Å². The standard InChI is InChI=1S/C17H24N2O2S/c1-11(2)17-19-13(4)16(22-17)12(3)18-14-5-7-15(8-6-14)21-10-9-20/h5-8,11-12,18,20H,9-10H2,1-4H3. The topological polar surface area (TPSA) is 54.4 Å². The van der Waals surface area contributed by atoms with Gasteiger partial charge >= 0.3 is 0 Å². The van der Waals surface area contributed by atoms with Crippen LogP contribution in [0.5, 0.6) is 5.75 Å². The third kappa shape index (κ3) is 4.21. The smallest absolute Gasteiger partial charge is 0.119 e. The van der Waals surface area contributed by atoms with Crippen LogP contribution in [0.4, 0.5) is 5.69 Å². The van der Waals surface area contributed by atoms with Crippen molar-refractivity contribution in [2.45, 2.75) is 39.7 Å². The van der Waals surface area contributed by atoms with Gasteiger partial charge < -0.3 is 15.2 Å². The van der Waals surface area contributed by atoms with Gasteiger partial charge in [0.1, 0.15) is 12.4 Å². The largest absolute Gasteiger partial charge is 0.491 e. The van der Waals surface area contributed by atoms with Gasteiger partial charge in [0.25, 0.3) is 0 Å². The molecule has 4 nitrogen and oxygen atoms in total. The lowest BCUT2D eigenvalue weighted by Crippen LogP contribution is -2.06. The number of aromatic nitrogens is 1. The number of hydrogen-bond donors (Lipinski definition) is 2. The summed E-state index contributed by atoms with van der Waals surface area (Å²) >= 11 is 1.78. The molecule has 0 fully saturated rings. The molecule has 2 rings (SSSR count). The van der Waals surface area contributed by atoms with E-state index in [1.54, 1.807) is 11.3 Å². The number of aliphatic hydroxyl groups is 1. The van der Waals surface area contributed by atoms with Gasteiger partial charge in [-0.1, -0.05) is 13.8 Å². The number of thiazole rings is 1. The van der Waals surface area contributed by atoms with Crippen molar-refractivity contribution < 1.29 is 9.84 Å². The molecule has 120 valence electrons. The molecule has 1 heterocycles. The lowest BCUT2D eigenvalue weighted by atomic mass is 10.2. The monoisotopic (exact) mass is 320 g/mol. The number of nitrogens with one attached hydrogen (secondary N) is 1. The Morgan fingerprint density at radius 1 is 1.23 bits per heavy atom. The number of hydrogen-bond acceptors (Lipinski definition) is 5. The van der Waals surface area contributed by atoms with Crippen LogP contribution in [-0.2, 0) is 0 Å². The first-order valence-electron chi connectivity index (χ1n) is 7.58. The van der Waals surface area contributed by atoms with Crippen LogP contribution in [0.25, 0.3) is 0 Å². The molecule has 0 amide bonds. The summed E-state index contributed by atoms with van der Waals surface area (Å²) in [5.41, 5.74) is 2.15. The first-order chi connectivity index (χ1) is 10.5. The molecule has 0 bridgehead atoms. The Labute approximate surface area is 136 Å². The summed E-state index contributed by atoms with van der Waals surface area (Å²) in [6.07, 6.45) is 0. The van der Waals surface area contributed by atoms with E-state index >= 15 is 0 Å². The minimum absolute atomic E-state index is 0.0277. The molecule has 0 aliphatic carbocycles. The highest BCUT2D eigenvalue weighted by Crippen LogP contribution is 2.31. The number of rotatable bonds is 7. The minimum Gasteiger partial charge on any atom is -0.491 e. The van der Waals surface area contributed by atoms with E-state index in [1.807, 2.05) is 24.3 Å². The first-order valence-corrected chi connectivity index (χ1v) is 8.40. The van der Waals surface area contributed by atoms with Crippen LogP contribution in [0.2, 0.25) is 0 Å². The molecular weight excluding hydrogens is 296 g/mol. The molecule has 2 N–H and O–H groups in total. The molecule has 5 heteroatoms. The highest BCUT2D eigenvalue weighted by Gasteiger charge is 2.15. The summed E-state index contributed by atoms with van der Waals surface area (Å²) < 4.78 is 5.36. The number of benzene rings is 1. The van der Waals surface area contributed by atoms with E-state index in [4.69, 9.17) is 9.84 Å². The highest BCUT2D eigenvalue weighted by atomic mass is 32.1. The number of aryl methyl sites for hydroxylation is 1. The SMILES string of the molecule is Cc1nc(C(C)C)sc1C(C)Nc1ccc(OCCO)cc1. The van der Waals surface area contributed by atoms with Crippen molar-refractivity contribution in [3.63, 3.8) is 0 Å². The molecule has 1 aromatic carbocycles. The van der Waals surface area contributed by atoms with E-state index in [2.05, 4.69) is 38.0 Å². The van der Waals surface area contributed by atoms with Crippen molar-refractivity contribution in [1.29, 1.82) is 0 Å². The molecule has 0 aliphatic heterocycles. The quantitative estimate of drug-likeness (QED) is 0.806. The molecule has 0 saturated heterocycles. The van der Waals surface area contributed by atoms with Gasteiger partial charge in [0.15, 0.2) is 0 Å². The summed E-state index contributed by atoms with van der Waals surface area (Å²) in [4.78, 5) is 5.94. The van der Waals surface area contributed by atoms with E-state index in [0.29, 0.717) is 12.5 Å². The third-order valence-corrected chi connectivity index (χ3v) is 4.97. The zero-order valence-electron chi connectivity index (χ0n) is 13.6. The zero-order chi connectivity index (χ0) is 16.1. The number of aliphatic hydroxyl groups excluding tert-OH is 1. The molecule has 0 aliphatic rings. The van der Waals surface area contributed by atoms with Crippen molar-refractivity contribution in [3.05, 3.63) is 39.8 Å². The predicted octanol–water partition coefficient (Wildman–Crippen LogP) is 4.12. The summed E-state index contributed by atoms with van der Waals surface area (Å²) in [6, 6.07) is 8.01. The van der Waals surface area contributed by atoms with Gasteiger partial charge in [-0.2, -0.15) is 0 Å². The van der Waals surface area contributed by atoms with Crippen LogP contribution in [0.15, 0.2) is 24.3 Å². The maximum atomic E-state index is 8.75. The highest BCUT2D eigenvalue weighted by molar-refractivity contribution is 7.12. The fourth-order valence-corrected chi connectivity index (χ4v) is 3.28. The van der Waals surface area contributed by atoms with Crippen molar-refractivity contribution in [2.75, 3.05) is 18.5 Å². The summed E-state index contributed by atoms with van der Waals surface area (Å²) in [5.74, 6) is 1.23. The summed E-state index contributed by atoms with van der Waals surface area (Å²) in [5, 5.41) is 13.4. The lowest BCUT2D eigenvalue weighted by molar-refractivity contribution is 0.201. The predicted molar refractivity (Wildman–Crippen MR) is 92.0 cm³/mol. The molecule has 1 unspecified atom stereocenters. The zero-order valence-corrected chi connectivity index (χ0v) is 14.4. The number of anilines is 1. The fourth-order valence-electron chi connectivity index (χ4n) is 2.20. The second kappa shape index (κ2) is 7.61. The molecule has 0 saturated carbocycles.